The number of isocyanates is 2. The Labute approximate surface area is 128 Å². The Balaban J connectivity index is 0.000000353. The summed E-state index contributed by atoms with van der Waals surface area (Å²) in [7, 11) is 0. The zero-order valence-corrected chi connectivity index (χ0v) is 12.0. The summed E-state index contributed by atoms with van der Waals surface area (Å²) in [6.07, 6.45) is 9.05. The van der Waals surface area contributed by atoms with Crippen molar-refractivity contribution in [1.82, 2.24) is 0 Å². The molecule has 0 fully saturated rings. The van der Waals surface area contributed by atoms with Crippen LogP contribution in [0.25, 0.3) is 16.8 Å². The topological polar surface area (TPSA) is 81.8 Å². The van der Waals surface area contributed by atoms with E-state index in [1.165, 1.54) is 21.9 Å². The molecule has 1 unspecified atom stereocenters. The second kappa shape index (κ2) is 8.98. The first kappa shape index (κ1) is 17.0. The van der Waals surface area contributed by atoms with Gasteiger partial charge in [0, 0.05) is 5.92 Å². The fourth-order valence-corrected chi connectivity index (χ4v) is 2.56. The van der Waals surface area contributed by atoms with Crippen molar-refractivity contribution >= 4 is 29.0 Å². The molecule has 3 rings (SSSR count). The van der Waals surface area contributed by atoms with Crippen molar-refractivity contribution in [2.45, 2.75) is 12.3 Å². The van der Waals surface area contributed by atoms with Gasteiger partial charge >= 0.3 is 0 Å². The quantitative estimate of drug-likeness (QED) is 0.490. The molecule has 0 radical (unpaired) electrons. The normalized spacial score (nSPS) is 13.5. The molecule has 0 spiro atoms. The van der Waals surface area contributed by atoms with Gasteiger partial charge in [0.2, 0.25) is 12.2 Å². The first-order chi connectivity index (χ1) is 10.7. The van der Waals surface area contributed by atoms with Crippen molar-refractivity contribution in [3.63, 3.8) is 0 Å². The maximum atomic E-state index is 8.35. The molecule has 4 nitrogen and oxygen atoms in total. The highest BCUT2D eigenvalue weighted by molar-refractivity contribution is 5.95. The van der Waals surface area contributed by atoms with Gasteiger partial charge in [0.1, 0.15) is 0 Å². The van der Waals surface area contributed by atoms with Gasteiger partial charge in [-0.1, -0.05) is 54.6 Å². The number of allylic oxidation sites excluding steroid dienone is 2. The van der Waals surface area contributed by atoms with Crippen LogP contribution in [-0.2, 0) is 9.59 Å². The van der Waals surface area contributed by atoms with Gasteiger partial charge in [-0.2, -0.15) is 0 Å². The lowest BCUT2D eigenvalue weighted by Gasteiger charge is -2.20. The minimum absolute atomic E-state index is 0.496. The molecule has 1 aliphatic carbocycles. The van der Waals surface area contributed by atoms with Crippen molar-refractivity contribution in [1.29, 1.82) is 10.8 Å². The van der Waals surface area contributed by atoms with E-state index in [9.17, 15) is 0 Å². The Bertz CT molecular complexity index is 734. The second-order valence-corrected chi connectivity index (χ2v) is 4.49. The summed E-state index contributed by atoms with van der Waals surface area (Å²) in [6, 6.07) is 13.1. The summed E-state index contributed by atoms with van der Waals surface area (Å²) in [5, 5.41) is 13.6. The Morgan fingerprint density at radius 2 is 1.68 bits per heavy atom. The van der Waals surface area contributed by atoms with Crippen molar-refractivity contribution < 1.29 is 9.59 Å². The Hall–Kier alpha value is -3.06. The Morgan fingerprint density at radius 1 is 1.09 bits per heavy atom. The van der Waals surface area contributed by atoms with Crippen LogP contribution in [-0.4, -0.2) is 12.2 Å². The van der Waals surface area contributed by atoms with Crippen LogP contribution in [0.2, 0.25) is 0 Å². The zero-order chi connectivity index (χ0) is 16.4. The third-order valence-corrected chi connectivity index (χ3v) is 3.30. The lowest BCUT2D eigenvalue weighted by atomic mass is 9.84. The van der Waals surface area contributed by atoms with Crippen molar-refractivity contribution in [2.24, 2.45) is 0 Å². The first-order valence-electron chi connectivity index (χ1n) is 6.62. The largest absolute Gasteiger partial charge is 0.231 e. The molecule has 0 aliphatic heterocycles. The number of nitrogens with one attached hydrogen (secondary N) is 2. The molecule has 1 aliphatic rings. The van der Waals surface area contributed by atoms with Gasteiger partial charge in [-0.05, 0) is 28.3 Å². The van der Waals surface area contributed by atoms with Crippen LogP contribution in [0.4, 0.5) is 0 Å². The summed E-state index contributed by atoms with van der Waals surface area (Å²) in [5.41, 5.74) is 2.78. The van der Waals surface area contributed by atoms with E-state index in [4.69, 9.17) is 20.4 Å². The molecule has 110 valence electrons. The summed E-state index contributed by atoms with van der Waals surface area (Å²) in [5.74, 6) is 0.496. The monoisotopic (exact) mass is 292 g/mol. The Kier molecular flexibility index (Phi) is 6.94. The standard InChI is InChI=1S/C16H14.2CHNO/c1-2-5-12-10-11-14-7-3-6-13-8-4-9-15(12)16(13)14;2*2-1-3/h2-4,6-12H,1,5H2;2*2H. The fourth-order valence-electron chi connectivity index (χ4n) is 2.56. The van der Waals surface area contributed by atoms with E-state index in [2.05, 4.69) is 55.1 Å². The summed E-state index contributed by atoms with van der Waals surface area (Å²) >= 11 is 0. The van der Waals surface area contributed by atoms with E-state index >= 15 is 0 Å². The number of hydrogen-bond acceptors (Lipinski definition) is 4. The van der Waals surface area contributed by atoms with Crippen LogP contribution in [0.3, 0.4) is 0 Å². The van der Waals surface area contributed by atoms with E-state index in [1.54, 1.807) is 0 Å². The minimum atomic E-state index is 0.496. The van der Waals surface area contributed by atoms with Crippen molar-refractivity contribution in [2.75, 3.05) is 0 Å². The van der Waals surface area contributed by atoms with Crippen LogP contribution in [0, 0.1) is 10.8 Å². The maximum Gasteiger partial charge on any atom is 0.231 e. The van der Waals surface area contributed by atoms with Crippen molar-refractivity contribution in [3.05, 3.63) is 66.3 Å². The van der Waals surface area contributed by atoms with Gasteiger partial charge < -0.3 is 0 Å². The number of carbonyl (C=O) groups excluding carboxylic acids is 2. The molecule has 1 atom stereocenters. The zero-order valence-electron chi connectivity index (χ0n) is 12.0. The number of rotatable bonds is 2. The molecule has 0 amide bonds. The van der Waals surface area contributed by atoms with Gasteiger partial charge in [0.05, 0.1) is 0 Å². The van der Waals surface area contributed by atoms with Crippen LogP contribution < -0.4 is 0 Å². The third kappa shape index (κ3) is 3.97. The molecule has 0 bridgehead atoms. The van der Waals surface area contributed by atoms with Gasteiger partial charge in [-0.3, -0.25) is 0 Å². The average molecular weight is 292 g/mol. The minimum Gasteiger partial charge on any atom is -0.222 e. The molecule has 0 aromatic heterocycles. The van der Waals surface area contributed by atoms with Crippen molar-refractivity contribution in [3.8, 4) is 0 Å². The molecule has 2 aromatic carbocycles. The van der Waals surface area contributed by atoms with E-state index in [0.29, 0.717) is 5.92 Å². The highest BCUT2D eigenvalue weighted by Crippen LogP contribution is 2.36. The third-order valence-electron chi connectivity index (χ3n) is 3.30. The van der Waals surface area contributed by atoms with E-state index in [0.717, 1.165) is 18.6 Å². The second-order valence-electron chi connectivity index (χ2n) is 4.49. The molecular weight excluding hydrogens is 276 g/mol. The maximum absolute atomic E-state index is 8.35. The molecule has 2 aromatic rings. The van der Waals surface area contributed by atoms with Crippen LogP contribution in [0.15, 0.2) is 55.1 Å². The van der Waals surface area contributed by atoms with Crippen LogP contribution in [0.5, 0.6) is 0 Å². The molecule has 0 saturated heterocycles. The molecule has 2 N–H and O–H groups in total. The fraction of sp³-hybridized carbons (Fsp3) is 0.111. The van der Waals surface area contributed by atoms with Gasteiger partial charge in [0.25, 0.3) is 0 Å². The number of benzene rings is 2. The lowest BCUT2D eigenvalue weighted by Crippen LogP contribution is -2.00. The first-order valence-corrected chi connectivity index (χ1v) is 6.62. The molecule has 4 heteroatoms. The van der Waals surface area contributed by atoms with Gasteiger partial charge in [-0.25, -0.2) is 20.4 Å². The summed E-state index contributed by atoms with van der Waals surface area (Å²) in [6.45, 7) is 3.84. The molecule has 22 heavy (non-hydrogen) atoms. The highest BCUT2D eigenvalue weighted by atomic mass is 16.1. The number of hydrogen-bond donors (Lipinski definition) is 2. The predicted octanol–water partition coefficient (Wildman–Crippen LogP) is 4.33. The molecule has 0 heterocycles. The highest BCUT2D eigenvalue weighted by Gasteiger charge is 2.15. The van der Waals surface area contributed by atoms with Crippen LogP contribution in [0.1, 0.15) is 23.5 Å². The smallest absolute Gasteiger partial charge is 0.222 e. The summed E-state index contributed by atoms with van der Waals surface area (Å²) < 4.78 is 0. The van der Waals surface area contributed by atoms with Gasteiger partial charge in [-0.15, -0.1) is 6.58 Å². The van der Waals surface area contributed by atoms with E-state index in [1.807, 2.05) is 6.08 Å². The van der Waals surface area contributed by atoms with E-state index < -0.39 is 0 Å². The molecule has 0 saturated carbocycles. The Morgan fingerprint density at radius 3 is 2.27 bits per heavy atom. The summed E-state index contributed by atoms with van der Waals surface area (Å²) in [4.78, 5) is 16.7. The van der Waals surface area contributed by atoms with Gasteiger partial charge in [0.15, 0.2) is 0 Å². The predicted molar refractivity (Wildman–Crippen MR) is 87.4 cm³/mol. The van der Waals surface area contributed by atoms with E-state index in [-0.39, 0.29) is 0 Å². The lowest BCUT2D eigenvalue weighted by molar-refractivity contribution is 0.562. The SMILES string of the molecule is C=CCC1C=Cc2cccc3cccc1c23.N=C=O.N=C=O. The molecular formula is C18H16N2O2. The van der Waals surface area contributed by atoms with Crippen LogP contribution >= 0.6 is 0 Å². The average Bonchev–Trinajstić information content (AvgIpc) is 2.52.